The quantitative estimate of drug-likeness (QED) is 0.333. The van der Waals surface area contributed by atoms with E-state index in [0.29, 0.717) is 0 Å². The van der Waals surface area contributed by atoms with Gasteiger partial charge in [0.1, 0.15) is 0 Å². The zero-order valence-corrected chi connectivity index (χ0v) is 14.5. The summed E-state index contributed by atoms with van der Waals surface area (Å²) in [6.07, 6.45) is 3.80. The minimum Gasteiger partial charge on any atom is -0.465 e. The van der Waals surface area contributed by atoms with E-state index in [9.17, 15) is 9.59 Å². The maximum absolute atomic E-state index is 12.5. The van der Waals surface area contributed by atoms with Gasteiger partial charge in [-0.05, 0) is 39.3 Å². The fourth-order valence-electron chi connectivity index (χ4n) is 2.14. The molecule has 1 aromatic rings. The molecular weight excluding hydrogens is 304 g/mol. The van der Waals surface area contributed by atoms with Gasteiger partial charge in [-0.25, -0.2) is 0 Å². The van der Waals surface area contributed by atoms with Crippen LogP contribution in [0.25, 0.3) is 0 Å². The van der Waals surface area contributed by atoms with E-state index in [1.807, 2.05) is 37.3 Å². The molecule has 0 amide bonds. The molecule has 0 saturated heterocycles. The van der Waals surface area contributed by atoms with Crippen LogP contribution < -0.4 is 0 Å². The minimum absolute atomic E-state index is 0.0455. The Labute approximate surface area is 143 Å². The zero-order chi connectivity index (χ0) is 17.8. The van der Waals surface area contributed by atoms with E-state index in [0.717, 1.165) is 5.56 Å². The maximum atomic E-state index is 12.5. The number of ether oxygens (including phenoxy) is 2. The molecule has 0 aliphatic heterocycles. The topological polar surface area (TPSA) is 52.6 Å². The number of hydrogen-bond acceptors (Lipinski definition) is 4. The van der Waals surface area contributed by atoms with Crippen molar-refractivity contribution < 1.29 is 19.1 Å². The molecule has 0 heterocycles. The van der Waals surface area contributed by atoms with Crippen molar-refractivity contribution in [3.05, 3.63) is 48.0 Å². The van der Waals surface area contributed by atoms with Crippen LogP contribution in [0.15, 0.2) is 42.5 Å². The second-order valence-electron chi connectivity index (χ2n) is 5.14. The largest absolute Gasteiger partial charge is 0.465 e. The van der Waals surface area contributed by atoms with Crippen LogP contribution in [-0.2, 0) is 19.1 Å². The molecule has 4 nitrogen and oxygen atoms in total. The molecule has 0 spiro atoms. The van der Waals surface area contributed by atoms with Crippen molar-refractivity contribution >= 4 is 11.9 Å². The minimum atomic E-state index is -1.43. The standard InChI is InChI=1S/C20H24O4/c1-4-7-15-20(18(21)23-5-2,19(22)24-6-3)16-11-14-17-12-9-8-10-13-17/h4,7-10,12-13H,5-6,15-16H2,1-3H3/b7-4+. The lowest BCUT2D eigenvalue weighted by molar-refractivity contribution is -0.171. The van der Waals surface area contributed by atoms with Crippen molar-refractivity contribution in [2.45, 2.75) is 33.6 Å². The SMILES string of the molecule is C/C=C/CC(CC#Cc1ccccc1)(C(=O)OCC)C(=O)OCC. The number of benzene rings is 1. The van der Waals surface area contributed by atoms with Gasteiger partial charge in [0, 0.05) is 12.0 Å². The first-order valence-electron chi connectivity index (χ1n) is 8.10. The summed E-state index contributed by atoms with van der Waals surface area (Å²) in [4.78, 5) is 25.0. The molecule has 0 aromatic heterocycles. The summed E-state index contributed by atoms with van der Waals surface area (Å²) in [6.45, 7) is 5.64. The first kappa shape index (κ1) is 19.5. The summed E-state index contributed by atoms with van der Waals surface area (Å²) < 4.78 is 10.3. The van der Waals surface area contributed by atoms with Gasteiger partial charge in [0.05, 0.1) is 13.2 Å². The van der Waals surface area contributed by atoms with Crippen molar-refractivity contribution in [3.63, 3.8) is 0 Å². The van der Waals surface area contributed by atoms with Crippen molar-refractivity contribution in [3.8, 4) is 11.8 Å². The third-order valence-corrected chi connectivity index (χ3v) is 3.43. The fourth-order valence-corrected chi connectivity index (χ4v) is 2.14. The predicted octanol–water partition coefficient (Wildman–Crippen LogP) is 3.51. The molecule has 0 fully saturated rings. The Hall–Kier alpha value is -2.54. The number of allylic oxidation sites excluding steroid dienone is 2. The Morgan fingerprint density at radius 1 is 1.08 bits per heavy atom. The summed E-state index contributed by atoms with van der Waals surface area (Å²) in [6, 6.07) is 9.41. The summed E-state index contributed by atoms with van der Waals surface area (Å²) in [5.74, 6) is 4.74. The third-order valence-electron chi connectivity index (χ3n) is 3.43. The van der Waals surface area contributed by atoms with E-state index in [2.05, 4.69) is 11.8 Å². The first-order chi connectivity index (χ1) is 11.6. The van der Waals surface area contributed by atoms with Gasteiger partial charge in [-0.1, -0.05) is 42.2 Å². The van der Waals surface area contributed by atoms with Crippen LogP contribution in [0, 0.1) is 17.3 Å². The molecule has 0 aliphatic carbocycles. The van der Waals surface area contributed by atoms with Crippen molar-refractivity contribution in [1.29, 1.82) is 0 Å². The predicted molar refractivity (Wildman–Crippen MR) is 93.1 cm³/mol. The van der Waals surface area contributed by atoms with Gasteiger partial charge in [-0.15, -0.1) is 0 Å². The average molecular weight is 328 g/mol. The molecule has 1 aromatic carbocycles. The van der Waals surface area contributed by atoms with Gasteiger partial charge < -0.3 is 9.47 Å². The van der Waals surface area contributed by atoms with Crippen LogP contribution >= 0.6 is 0 Å². The molecule has 128 valence electrons. The summed E-state index contributed by atoms with van der Waals surface area (Å²) in [5, 5.41) is 0. The molecule has 0 unspecified atom stereocenters. The maximum Gasteiger partial charge on any atom is 0.324 e. The van der Waals surface area contributed by atoms with E-state index >= 15 is 0 Å². The molecule has 24 heavy (non-hydrogen) atoms. The Balaban J connectivity index is 3.15. The number of hydrogen-bond donors (Lipinski definition) is 0. The smallest absolute Gasteiger partial charge is 0.324 e. The number of carbonyl (C=O) groups is 2. The van der Waals surface area contributed by atoms with Gasteiger partial charge in [0.25, 0.3) is 0 Å². The van der Waals surface area contributed by atoms with Gasteiger partial charge in [0.15, 0.2) is 5.41 Å². The highest BCUT2D eigenvalue weighted by molar-refractivity contribution is 6.00. The van der Waals surface area contributed by atoms with E-state index < -0.39 is 17.4 Å². The lowest BCUT2D eigenvalue weighted by Crippen LogP contribution is -2.41. The van der Waals surface area contributed by atoms with E-state index in [1.54, 1.807) is 26.0 Å². The van der Waals surface area contributed by atoms with Crippen LogP contribution in [0.4, 0.5) is 0 Å². The molecular formula is C20H24O4. The summed E-state index contributed by atoms with van der Waals surface area (Å²) in [5.41, 5.74) is -0.606. The zero-order valence-electron chi connectivity index (χ0n) is 14.5. The fraction of sp³-hybridized carbons (Fsp3) is 0.400. The number of esters is 2. The lowest BCUT2D eigenvalue weighted by Gasteiger charge is -2.26. The van der Waals surface area contributed by atoms with Crippen LogP contribution in [0.5, 0.6) is 0 Å². The molecule has 0 saturated carbocycles. The molecule has 0 N–H and O–H groups in total. The van der Waals surface area contributed by atoms with Crippen molar-refractivity contribution in [2.24, 2.45) is 5.41 Å². The molecule has 1 rings (SSSR count). The second kappa shape index (κ2) is 10.3. The lowest BCUT2D eigenvalue weighted by atomic mass is 9.81. The molecule has 4 heteroatoms. The summed E-state index contributed by atoms with van der Waals surface area (Å²) in [7, 11) is 0. The van der Waals surface area contributed by atoms with Crippen LogP contribution in [0.2, 0.25) is 0 Å². The molecule has 0 radical (unpaired) electrons. The Kier molecular flexibility index (Phi) is 8.35. The monoisotopic (exact) mass is 328 g/mol. The van der Waals surface area contributed by atoms with Crippen molar-refractivity contribution in [1.82, 2.24) is 0 Å². The van der Waals surface area contributed by atoms with Crippen molar-refractivity contribution in [2.75, 3.05) is 13.2 Å². The van der Waals surface area contributed by atoms with Crippen LogP contribution in [-0.4, -0.2) is 25.2 Å². The second-order valence-corrected chi connectivity index (χ2v) is 5.14. The van der Waals surface area contributed by atoms with Gasteiger partial charge >= 0.3 is 11.9 Å². The normalized spacial score (nSPS) is 10.8. The van der Waals surface area contributed by atoms with Gasteiger partial charge in [0.2, 0.25) is 0 Å². The van der Waals surface area contributed by atoms with E-state index in [-0.39, 0.29) is 26.1 Å². The first-order valence-corrected chi connectivity index (χ1v) is 8.10. The van der Waals surface area contributed by atoms with E-state index in [4.69, 9.17) is 9.47 Å². The van der Waals surface area contributed by atoms with Crippen LogP contribution in [0.3, 0.4) is 0 Å². The number of carbonyl (C=O) groups excluding carboxylic acids is 2. The molecule has 0 atom stereocenters. The summed E-state index contributed by atoms with van der Waals surface area (Å²) >= 11 is 0. The third kappa shape index (κ3) is 5.27. The number of rotatable bonds is 7. The Bertz CT molecular complexity index is 602. The highest BCUT2D eigenvalue weighted by Crippen LogP contribution is 2.31. The highest BCUT2D eigenvalue weighted by Gasteiger charge is 2.47. The van der Waals surface area contributed by atoms with E-state index in [1.165, 1.54) is 0 Å². The Morgan fingerprint density at radius 3 is 2.17 bits per heavy atom. The molecule has 0 aliphatic rings. The van der Waals surface area contributed by atoms with Gasteiger partial charge in [-0.3, -0.25) is 9.59 Å². The highest BCUT2D eigenvalue weighted by atomic mass is 16.6. The van der Waals surface area contributed by atoms with Crippen LogP contribution in [0.1, 0.15) is 39.2 Å². The average Bonchev–Trinajstić information content (AvgIpc) is 2.59. The molecule has 0 bridgehead atoms. The van der Waals surface area contributed by atoms with Gasteiger partial charge in [-0.2, -0.15) is 0 Å². The Morgan fingerprint density at radius 2 is 1.67 bits per heavy atom.